The maximum absolute atomic E-state index is 13.7. The van der Waals surface area contributed by atoms with E-state index in [0.717, 1.165) is 5.56 Å². The van der Waals surface area contributed by atoms with Crippen LogP contribution in [0.2, 0.25) is 5.02 Å². The van der Waals surface area contributed by atoms with Crippen molar-refractivity contribution in [3.05, 3.63) is 95.0 Å². The number of carbonyl (C=O) groups excluding carboxylic acids is 2. The second kappa shape index (κ2) is 9.45. The van der Waals surface area contributed by atoms with Crippen LogP contribution >= 0.6 is 11.6 Å². The van der Waals surface area contributed by atoms with Crippen molar-refractivity contribution in [3.8, 4) is 5.75 Å². The minimum Gasteiger partial charge on any atom is -0.480 e. The van der Waals surface area contributed by atoms with Gasteiger partial charge in [0.2, 0.25) is 5.91 Å². The van der Waals surface area contributed by atoms with Crippen molar-refractivity contribution in [1.29, 1.82) is 0 Å². The number of hydrogen-bond donors (Lipinski definition) is 1. The van der Waals surface area contributed by atoms with Gasteiger partial charge in [-0.1, -0.05) is 74.0 Å². The molecule has 0 saturated heterocycles. The third-order valence-electron chi connectivity index (χ3n) is 5.46. The van der Waals surface area contributed by atoms with Gasteiger partial charge in [0.05, 0.1) is 0 Å². The first-order valence-electron chi connectivity index (χ1n) is 10.6. The summed E-state index contributed by atoms with van der Waals surface area (Å²) in [6, 6.07) is 23.1. The zero-order valence-electron chi connectivity index (χ0n) is 18.0. The van der Waals surface area contributed by atoms with Crippen molar-refractivity contribution in [2.45, 2.75) is 32.5 Å². The quantitative estimate of drug-likeness (QED) is 0.587. The molecule has 1 aliphatic rings. The minimum atomic E-state index is -0.925. The predicted octanol–water partition coefficient (Wildman–Crippen LogP) is 5.15. The lowest BCUT2D eigenvalue weighted by molar-refractivity contribution is -0.130. The van der Waals surface area contributed by atoms with Crippen molar-refractivity contribution in [3.63, 3.8) is 0 Å². The van der Waals surface area contributed by atoms with E-state index in [9.17, 15) is 9.59 Å². The van der Waals surface area contributed by atoms with Gasteiger partial charge in [0, 0.05) is 22.8 Å². The summed E-state index contributed by atoms with van der Waals surface area (Å²) in [6.07, 6.45) is -0.734. The summed E-state index contributed by atoms with van der Waals surface area (Å²) in [5.41, 5.74) is 2.15. The fourth-order valence-electron chi connectivity index (χ4n) is 3.86. The number of nitrogens with zero attached hydrogens (tertiary/aromatic N) is 1. The van der Waals surface area contributed by atoms with Crippen LogP contribution in [0.1, 0.15) is 31.0 Å². The summed E-state index contributed by atoms with van der Waals surface area (Å²) in [4.78, 5) is 28.9. The van der Waals surface area contributed by atoms with Gasteiger partial charge in [0.25, 0.3) is 5.91 Å². The molecule has 1 aliphatic heterocycles. The molecule has 1 N–H and O–H groups in total. The first kappa shape index (κ1) is 21.9. The lowest BCUT2D eigenvalue weighted by Crippen LogP contribution is -2.48. The van der Waals surface area contributed by atoms with Crippen LogP contribution in [0, 0.1) is 5.92 Å². The Bertz CT molecular complexity index is 1100. The number of rotatable bonds is 5. The fourth-order valence-corrected chi connectivity index (χ4v) is 4.04. The van der Waals surface area contributed by atoms with E-state index in [-0.39, 0.29) is 17.7 Å². The highest BCUT2D eigenvalue weighted by Gasteiger charge is 2.42. The fraction of sp³-hybridized carbons (Fsp3) is 0.231. The molecule has 1 heterocycles. The van der Waals surface area contributed by atoms with E-state index < -0.39 is 12.1 Å². The van der Waals surface area contributed by atoms with Gasteiger partial charge in [-0.25, -0.2) is 0 Å². The Morgan fingerprint density at radius 1 is 1.03 bits per heavy atom. The van der Waals surface area contributed by atoms with E-state index in [1.54, 1.807) is 18.2 Å². The van der Waals surface area contributed by atoms with E-state index in [1.807, 2.05) is 74.5 Å². The Hall–Kier alpha value is -3.31. The van der Waals surface area contributed by atoms with Crippen LogP contribution in [0.5, 0.6) is 5.75 Å². The van der Waals surface area contributed by atoms with Gasteiger partial charge in [0.1, 0.15) is 11.8 Å². The molecule has 0 aromatic heterocycles. The maximum atomic E-state index is 13.7. The van der Waals surface area contributed by atoms with Gasteiger partial charge in [-0.05, 0) is 41.8 Å². The number of fused-ring (bicyclic) bond motifs is 1. The standard InChI is InChI=1S/C26H25ClN2O3/c1-17(2)24-26(31)29(20-11-7-4-8-12-20)23(21-15-19(27)13-14-22(21)32-24)25(30)28-16-18-9-5-3-6-10-18/h3-15,17,23-24H,16H2,1-2H3,(H,28,30). The Balaban J connectivity index is 1.81. The average Bonchev–Trinajstić information content (AvgIpc) is 2.93. The molecule has 5 nitrogen and oxygen atoms in total. The molecule has 0 saturated carbocycles. The van der Waals surface area contributed by atoms with Crippen LogP contribution < -0.4 is 15.0 Å². The van der Waals surface area contributed by atoms with Crippen LogP contribution in [-0.4, -0.2) is 17.9 Å². The van der Waals surface area contributed by atoms with Crippen LogP contribution in [0.3, 0.4) is 0 Å². The number of hydrogen-bond acceptors (Lipinski definition) is 3. The van der Waals surface area contributed by atoms with E-state index in [2.05, 4.69) is 5.32 Å². The summed E-state index contributed by atoms with van der Waals surface area (Å²) in [5, 5.41) is 3.46. The first-order valence-corrected chi connectivity index (χ1v) is 11.0. The average molecular weight is 449 g/mol. The Kier molecular flexibility index (Phi) is 6.47. The SMILES string of the molecule is CC(C)C1Oc2ccc(Cl)cc2C(C(=O)NCc2ccccc2)N(c2ccccc2)C1=O. The number of para-hydroxylation sites is 1. The molecule has 3 aromatic rings. The lowest BCUT2D eigenvalue weighted by Gasteiger charge is -2.31. The minimum absolute atomic E-state index is 0.0941. The molecule has 2 amide bonds. The monoisotopic (exact) mass is 448 g/mol. The van der Waals surface area contributed by atoms with E-state index in [0.29, 0.717) is 28.6 Å². The highest BCUT2D eigenvalue weighted by atomic mass is 35.5. The van der Waals surface area contributed by atoms with Gasteiger partial charge >= 0.3 is 0 Å². The van der Waals surface area contributed by atoms with E-state index in [4.69, 9.17) is 16.3 Å². The second-order valence-corrected chi connectivity index (χ2v) is 8.55. The highest BCUT2D eigenvalue weighted by molar-refractivity contribution is 6.30. The van der Waals surface area contributed by atoms with Crippen molar-refractivity contribution in [1.82, 2.24) is 5.32 Å². The summed E-state index contributed by atoms with van der Waals surface area (Å²) in [6.45, 7) is 4.20. The number of nitrogens with one attached hydrogen (secondary N) is 1. The van der Waals surface area contributed by atoms with E-state index >= 15 is 0 Å². The molecule has 6 heteroatoms. The van der Waals surface area contributed by atoms with Crippen molar-refractivity contribution in [2.75, 3.05) is 4.90 Å². The molecule has 32 heavy (non-hydrogen) atoms. The highest BCUT2D eigenvalue weighted by Crippen LogP contribution is 2.39. The van der Waals surface area contributed by atoms with Crippen molar-refractivity contribution in [2.24, 2.45) is 5.92 Å². The maximum Gasteiger partial charge on any atom is 0.269 e. The largest absolute Gasteiger partial charge is 0.480 e. The Morgan fingerprint density at radius 2 is 1.69 bits per heavy atom. The molecular formula is C26H25ClN2O3. The molecule has 0 spiro atoms. The molecule has 2 unspecified atom stereocenters. The molecule has 0 radical (unpaired) electrons. The normalized spacial score (nSPS) is 18.0. The lowest BCUT2D eigenvalue weighted by atomic mass is 10.0. The first-order chi connectivity index (χ1) is 15.5. The number of anilines is 1. The van der Waals surface area contributed by atoms with Gasteiger partial charge < -0.3 is 10.1 Å². The number of ether oxygens (including phenoxy) is 1. The molecule has 3 aromatic carbocycles. The van der Waals surface area contributed by atoms with Gasteiger partial charge in [0.15, 0.2) is 6.10 Å². The summed E-state index contributed by atoms with van der Waals surface area (Å²) >= 11 is 6.31. The third kappa shape index (κ3) is 4.48. The van der Waals surface area contributed by atoms with Crippen LogP contribution in [0.25, 0.3) is 0 Å². The smallest absolute Gasteiger partial charge is 0.269 e. The van der Waals surface area contributed by atoms with Crippen molar-refractivity contribution < 1.29 is 14.3 Å². The van der Waals surface area contributed by atoms with Gasteiger partial charge in [-0.2, -0.15) is 0 Å². The summed E-state index contributed by atoms with van der Waals surface area (Å²) < 4.78 is 6.15. The third-order valence-corrected chi connectivity index (χ3v) is 5.69. The second-order valence-electron chi connectivity index (χ2n) is 8.11. The predicted molar refractivity (Wildman–Crippen MR) is 126 cm³/mol. The molecule has 2 atom stereocenters. The zero-order chi connectivity index (χ0) is 22.7. The summed E-state index contributed by atoms with van der Waals surface area (Å²) in [7, 11) is 0. The van der Waals surface area contributed by atoms with Crippen LogP contribution in [-0.2, 0) is 16.1 Å². The molecule has 0 aliphatic carbocycles. The summed E-state index contributed by atoms with van der Waals surface area (Å²) in [5.74, 6) is -0.177. The number of benzene rings is 3. The number of carbonyl (C=O) groups is 2. The molecule has 164 valence electrons. The molecule has 4 rings (SSSR count). The Morgan fingerprint density at radius 3 is 2.34 bits per heavy atom. The molecular weight excluding hydrogens is 424 g/mol. The number of amides is 2. The molecule has 0 bridgehead atoms. The number of halogens is 1. The van der Waals surface area contributed by atoms with E-state index in [1.165, 1.54) is 4.90 Å². The zero-order valence-corrected chi connectivity index (χ0v) is 18.8. The van der Waals surface area contributed by atoms with Gasteiger partial charge in [-0.15, -0.1) is 0 Å². The van der Waals surface area contributed by atoms with Crippen LogP contribution in [0.4, 0.5) is 5.69 Å². The van der Waals surface area contributed by atoms with Crippen molar-refractivity contribution >= 4 is 29.1 Å². The molecule has 0 fully saturated rings. The topological polar surface area (TPSA) is 58.6 Å². The van der Waals surface area contributed by atoms with Gasteiger partial charge in [-0.3, -0.25) is 14.5 Å². The van der Waals surface area contributed by atoms with Crippen LogP contribution in [0.15, 0.2) is 78.9 Å². The Labute approximate surface area is 193 Å².